The molecule has 1 aliphatic carbocycles. The van der Waals surface area contributed by atoms with Crippen molar-refractivity contribution in [2.24, 2.45) is 11.1 Å². The Balaban J connectivity index is 1.51. The van der Waals surface area contributed by atoms with Crippen LogP contribution in [0.5, 0.6) is 5.75 Å². The van der Waals surface area contributed by atoms with Crippen LogP contribution in [-0.4, -0.2) is 53.8 Å². The predicted molar refractivity (Wildman–Crippen MR) is 118 cm³/mol. The van der Waals surface area contributed by atoms with Crippen LogP contribution in [0.4, 0.5) is 10.5 Å². The molecule has 3 aliphatic rings. The number of carbonyl (C=O) groups excluding carboxylic acids is 2. The van der Waals surface area contributed by atoms with Crippen LogP contribution >= 0.6 is 0 Å². The Hall–Kier alpha value is -2.72. The Labute approximate surface area is 183 Å². The minimum absolute atomic E-state index is 0.216. The van der Waals surface area contributed by atoms with E-state index in [0.717, 1.165) is 69.3 Å². The molecule has 1 atom stereocenters. The number of primary amides is 1. The highest BCUT2D eigenvalue weighted by Crippen LogP contribution is 2.43. The molecule has 7 heteroatoms. The molecule has 31 heavy (non-hydrogen) atoms. The van der Waals surface area contributed by atoms with Crippen molar-refractivity contribution >= 4 is 17.7 Å². The number of amides is 2. The van der Waals surface area contributed by atoms with Gasteiger partial charge in [-0.15, -0.1) is 12.3 Å². The zero-order valence-corrected chi connectivity index (χ0v) is 17.9. The highest BCUT2D eigenvalue weighted by molar-refractivity contribution is 5.86. The lowest BCUT2D eigenvalue weighted by Gasteiger charge is -2.41. The van der Waals surface area contributed by atoms with Gasteiger partial charge in [-0.3, -0.25) is 4.79 Å². The number of carbonyl (C=O) groups is 2. The number of piperidine rings is 1. The van der Waals surface area contributed by atoms with E-state index in [1.54, 1.807) is 6.07 Å². The molecule has 2 aliphatic heterocycles. The van der Waals surface area contributed by atoms with E-state index in [9.17, 15) is 14.7 Å². The summed E-state index contributed by atoms with van der Waals surface area (Å²) in [6, 6.07) is 5.83. The lowest BCUT2D eigenvalue weighted by molar-refractivity contribution is -0.139. The molecule has 2 saturated heterocycles. The monoisotopic (exact) mass is 425 g/mol. The highest BCUT2D eigenvalue weighted by Gasteiger charge is 2.50. The standard InChI is InChI=1S/C24H31N3O4/c1-2-4-17-15-19(7-10-21(17)31-23(25)30)26-13-3-11-24(16-26)12-14-27(22(24)29)18-5-8-20(28)9-6-18/h1,7,10,15,18,20,28H,3-6,8-9,11-14,16H2,(H2,25,30). The zero-order valence-electron chi connectivity index (χ0n) is 17.9. The van der Waals surface area contributed by atoms with E-state index in [4.69, 9.17) is 16.9 Å². The van der Waals surface area contributed by atoms with Gasteiger partial charge in [0, 0.05) is 43.3 Å². The van der Waals surface area contributed by atoms with E-state index in [-0.39, 0.29) is 23.5 Å². The van der Waals surface area contributed by atoms with Gasteiger partial charge in [0.25, 0.3) is 0 Å². The smallest absolute Gasteiger partial charge is 0.409 e. The number of aliphatic hydroxyl groups excluding tert-OH is 1. The first-order valence-corrected chi connectivity index (χ1v) is 11.2. The molecule has 1 aromatic carbocycles. The van der Waals surface area contributed by atoms with Crippen molar-refractivity contribution in [2.75, 3.05) is 24.5 Å². The molecule has 0 bridgehead atoms. The van der Waals surface area contributed by atoms with Gasteiger partial charge in [0.2, 0.25) is 5.91 Å². The fourth-order valence-corrected chi connectivity index (χ4v) is 5.52. The first kappa shape index (κ1) is 21.5. The quantitative estimate of drug-likeness (QED) is 0.723. The van der Waals surface area contributed by atoms with Crippen molar-refractivity contribution < 1.29 is 19.4 Å². The van der Waals surface area contributed by atoms with Gasteiger partial charge in [-0.05, 0) is 63.1 Å². The van der Waals surface area contributed by atoms with Crippen molar-refractivity contribution in [1.82, 2.24) is 4.90 Å². The van der Waals surface area contributed by atoms with Gasteiger partial charge in [0.05, 0.1) is 11.5 Å². The lowest BCUT2D eigenvalue weighted by Crippen LogP contribution is -2.50. The molecule has 1 unspecified atom stereocenters. The molecule has 4 rings (SSSR count). The fourth-order valence-electron chi connectivity index (χ4n) is 5.52. The van der Waals surface area contributed by atoms with Crippen LogP contribution in [0.15, 0.2) is 18.2 Å². The minimum Gasteiger partial charge on any atom is -0.410 e. The maximum absolute atomic E-state index is 13.5. The first-order chi connectivity index (χ1) is 14.9. The maximum Gasteiger partial charge on any atom is 0.409 e. The van der Waals surface area contributed by atoms with Crippen LogP contribution in [0.25, 0.3) is 0 Å². The summed E-state index contributed by atoms with van der Waals surface area (Å²) >= 11 is 0. The number of hydrogen-bond donors (Lipinski definition) is 2. The van der Waals surface area contributed by atoms with Crippen LogP contribution in [-0.2, 0) is 11.2 Å². The average Bonchev–Trinajstić information content (AvgIpc) is 3.05. The Bertz CT molecular complexity index is 887. The SMILES string of the molecule is C#CCc1cc(N2CCCC3(CCN(C4CCC(O)CC4)C3=O)C2)ccc1OC(N)=O. The zero-order chi connectivity index (χ0) is 22.0. The Morgan fingerprint density at radius 3 is 2.74 bits per heavy atom. The molecule has 1 saturated carbocycles. The summed E-state index contributed by atoms with van der Waals surface area (Å²) in [4.78, 5) is 29.0. The summed E-state index contributed by atoms with van der Waals surface area (Å²) in [6.45, 7) is 2.36. The number of aliphatic hydroxyl groups is 1. The third-order valence-corrected chi connectivity index (χ3v) is 7.14. The molecule has 2 amide bonds. The van der Waals surface area contributed by atoms with Gasteiger partial charge in [-0.2, -0.15) is 0 Å². The second-order valence-corrected chi connectivity index (χ2v) is 9.11. The number of anilines is 1. The molecule has 3 N–H and O–H groups in total. The van der Waals surface area contributed by atoms with Crippen LogP contribution in [0.1, 0.15) is 50.5 Å². The van der Waals surface area contributed by atoms with Crippen LogP contribution in [0.2, 0.25) is 0 Å². The Morgan fingerprint density at radius 2 is 2.03 bits per heavy atom. The van der Waals surface area contributed by atoms with Crippen LogP contribution in [0, 0.1) is 17.8 Å². The second-order valence-electron chi connectivity index (χ2n) is 9.11. The average molecular weight is 426 g/mol. The van der Waals surface area contributed by atoms with E-state index in [1.165, 1.54) is 0 Å². The highest BCUT2D eigenvalue weighted by atomic mass is 16.5. The summed E-state index contributed by atoms with van der Waals surface area (Å²) in [7, 11) is 0. The summed E-state index contributed by atoms with van der Waals surface area (Å²) in [5.41, 5.74) is 6.54. The van der Waals surface area contributed by atoms with Gasteiger partial charge in [0.1, 0.15) is 5.75 Å². The molecular weight excluding hydrogens is 394 g/mol. The van der Waals surface area contributed by atoms with Gasteiger partial charge in [-0.25, -0.2) is 4.79 Å². The summed E-state index contributed by atoms with van der Waals surface area (Å²) in [5, 5.41) is 9.81. The normalized spacial score (nSPS) is 28.6. The van der Waals surface area contributed by atoms with Crippen molar-refractivity contribution in [2.45, 2.75) is 63.5 Å². The molecule has 1 aromatic rings. The van der Waals surface area contributed by atoms with E-state index >= 15 is 0 Å². The fraction of sp³-hybridized carbons (Fsp3) is 0.583. The van der Waals surface area contributed by atoms with Gasteiger partial charge < -0.3 is 25.4 Å². The molecule has 0 radical (unpaired) electrons. The van der Waals surface area contributed by atoms with Gasteiger partial charge >= 0.3 is 6.09 Å². The molecule has 0 aromatic heterocycles. The molecular formula is C24H31N3O4. The molecule has 2 heterocycles. The summed E-state index contributed by atoms with van der Waals surface area (Å²) in [5.74, 6) is 3.25. The topological polar surface area (TPSA) is 96.1 Å². The number of rotatable bonds is 4. The Morgan fingerprint density at radius 1 is 1.26 bits per heavy atom. The number of likely N-dealkylation sites (tertiary alicyclic amines) is 1. The number of nitrogens with zero attached hydrogens (tertiary/aromatic N) is 2. The number of benzene rings is 1. The second kappa shape index (κ2) is 8.80. The van der Waals surface area contributed by atoms with Crippen molar-refractivity contribution in [3.8, 4) is 18.1 Å². The van der Waals surface area contributed by atoms with E-state index < -0.39 is 6.09 Å². The molecule has 166 valence electrons. The van der Waals surface area contributed by atoms with E-state index in [2.05, 4.69) is 15.7 Å². The number of hydrogen-bond acceptors (Lipinski definition) is 5. The van der Waals surface area contributed by atoms with Gasteiger partial charge in [0.15, 0.2) is 0 Å². The third kappa shape index (κ3) is 4.35. The first-order valence-electron chi connectivity index (χ1n) is 11.2. The molecule has 1 spiro atoms. The largest absolute Gasteiger partial charge is 0.410 e. The van der Waals surface area contributed by atoms with E-state index in [0.29, 0.717) is 18.7 Å². The van der Waals surface area contributed by atoms with Gasteiger partial charge in [-0.1, -0.05) is 0 Å². The number of terminal acetylenes is 1. The molecule has 3 fully saturated rings. The van der Waals surface area contributed by atoms with Crippen LogP contribution in [0.3, 0.4) is 0 Å². The minimum atomic E-state index is -0.866. The van der Waals surface area contributed by atoms with Crippen molar-refractivity contribution in [1.29, 1.82) is 0 Å². The summed E-state index contributed by atoms with van der Waals surface area (Å²) in [6.07, 6.45) is 10.8. The molecule has 7 nitrogen and oxygen atoms in total. The number of ether oxygens (including phenoxy) is 1. The lowest BCUT2D eigenvalue weighted by atomic mass is 9.78. The maximum atomic E-state index is 13.5. The summed E-state index contributed by atoms with van der Waals surface area (Å²) < 4.78 is 5.09. The van der Waals surface area contributed by atoms with Crippen molar-refractivity contribution in [3.63, 3.8) is 0 Å². The number of nitrogens with two attached hydrogens (primary N) is 1. The van der Waals surface area contributed by atoms with Crippen molar-refractivity contribution in [3.05, 3.63) is 23.8 Å². The predicted octanol–water partition coefficient (Wildman–Crippen LogP) is 2.44. The van der Waals surface area contributed by atoms with E-state index in [1.807, 2.05) is 12.1 Å². The Kier molecular flexibility index (Phi) is 6.10. The third-order valence-electron chi connectivity index (χ3n) is 7.14. The van der Waals surface area contributed by atoms with Crippen LogP contribution < -0.4 is 15.4 Å².